The van der Waals surface area contributed by atoms with E-state index in [2.05, 4.69) is 0 Å². The number of hydrogen-bond donors (Lipinski definition) is 2. The molecule has 1 aromatic carbocycles. The zero-order valence-electron chi connectivity index (χ0n) is 9.45. The van der Waals surface area contributed by atoms with Gasteiger partial charge in [0.05, 0.1) is 4.92 Å². The normalized spacial score (nSPS) is 12.5. The number of aromatic nitrogens is 1. The molecule has 0 aliphatic heterocycles. The van der Waals surface area contributed by atoms with Crippen molar-refractivity contribution in [2.75, 3.05) is 0 Å². The molecule has 2 aromatic rings. The van der Waals surface area contributed by atoms with Crippen LogP contribution in [0.25, 0.3) is 10.9 Å². The second-order valence-electron chi connectivity index (χ2n) is 3.98. The van der Waals surface area contributed by atoms with Crippen LogP contribution in [0, 0.1) is 10.1 Å². The lowest BCUT2D eigenvalue weighted by Gasteiger charge is -2.09. The monoisotopic (exact) mass is 248 g/mol. The van der Waals surface area contributed by atoms with E-state index in [1.165, 1.54) is 12.1 Å². The number of nitro groups is 1. The summed E-state index contributed by atoms with van der Waals surface area (Å²) in [6, 6.07) is 5.46. The third-order valence-corrected chi connectivity index (χ3v) is 2.72. The number of carbonyl (C=O) groups excluding carboxylic acids is 1. The number of nitro benzene ring substituents is 1. The molecule has 1 atom stereocenters. The van der Waals surface area contributed by atoms with E-state index in [0.29, 0.717) is 0 Å². The fourth-order valence-electron chi connectivity index (χ4n) is 1.76. The molecule has 18 heavy (non-hydrogen) atoms. The van der Waals surface area contributed by atoms with Gasteiger partial charge in [0, 0.05) is 35.8 Å². The van der Waals surface area contributed by atoms with Crippen molar-refractivity contribution in [2.45, 2.75) is 12.6 Å². The zero-order valence-corrected chi connectivity index (χ0v) is 9.45. The first-order chi connectivity index (χ1) is 8.49. The molecule has 0 saturated carbocycles. The number of amides is 1. The first kappa shape index (κ1) is 12.1. The highest BCUT2D eigenvalue weighted by molar-refractivity contribution is 5.83. The van der Waals surface area contributed by atoms with Crippen molar-refractivity contribution in [3.63, 3.8) is 0 Å². The number of hydrogen-bond acceptors (Lipinski definition) is 4. The van der Waals surface area contributed by atoms with E-state index in [9.17, 15) is 14.9 Å². The summed E-state index contributed by atoms with van der Waals surface area (Å²) in [5.74, 6) is -0.584. The average molecular weight is 248 g/mol. The molecular formula is C11H12N4O3. The molecule has 1 heterocycles. The van der Waals surface area contributed by atoms with Crippen LogP contribution in [0.2, 0.25) is 0 Å². The molecule has 0 spiro atoms. The fourth-order valence-corrected chi connectivity index (χ4v) is 1.76. The Morgan fingerprint density at radius 3 is 2.78 bits per heavy atom. The van der Waals surface area contributed by atoms with Gasteiger partial charge in [0.15, 0.2) is 0 Å². The molecule has 0 aliphatic rings. The molecule has 0 fully saturated rings. The van der Waals surface area contributed by atoms with Crippen molar-refractivity contribution < 1.29 is 9.72 Å². The lowest BCUT2D eigenvalue weighted by molar-refractivity contribution is -0.384. The maximum Gasteiger partial charge on any atom is 0.270 e. The van der Waals surface area contributed by atoms with Gasteiger partial charge >= 0.3 is 0 Å². The Morgan fingerprint density at radius 1 is 1.44 bits per heavy atom. The largest absolute Gasteiger partial charge is 0.368 e. The number of non-ortho nitro benzene ring substituents is 1. The number of benzene rings is 1. The molecule has 94 valence electrons. The van der Waals surface area contributed by atoms with Crippen molar-refractivity contribution in [2.24, 2.45) is 11.5 Å². The lowest BCUT2D eigenvalue weighted by atomic mass is 10.2. The van der Waals surface area contributed by atoms with Crippen molar-refractivity contribution in [1.29, 1.82) is 0 Å². The van der Waals surface area contributed by atoms with E-state index in [-0.39, 0.29) is 12.2 Å². The third kappa shape index (κ3) is 2.16. The second-order valence-corrected chi connectivity index (χ2v) is 3.98. The van der Waals surface area contributed by atoms with Crippen LogP contribution in [-0.2, 0) is 11.3 Å². The predicted molar refractivity (Wildman–Crippen MR) is 65.8 cm³/mol. The molecule has 7 nitrogen and oxygen atoms in total. The number of primary amides is 1. The van der Waals surface area contributed by atoms with Crippen molar-refractivity contribution in [3.05, 3.63) is 40.6 Å². The van der Waals surface area contributed by atoms with E-state index >= 15 is 0 Å². The highest BCUT2D eigenvalue weighted by Crippen LogP contribution is 2.21. The Labute approximate surface area is 102 Å². The highest BCUT2D eigenvalue weighted by Gasteiger charge is 2.13. The van der Waals surface area contributed by atoms with Crippen LogP contribution in [0.3, 0.4) is 0 Å². The molecule has 1 unspecified atom stereocenters. The third-order valence-electron chi connectivity index (χ3n) is 2.72. The van der Waals surface area contributed by atoms with Gasteiger partial charge in [-0.15, -0.1) is 0 Å². The SMILES string of the molecule is NC(=O)C(N)Cn1ccc2cc([N+](=O)[O-])ccc21. The summed E-state index contributed by atoms with van der Waals surface area (Å²) in [4.78, 5) is 21.1. The topological polar surface area (TPSA) is 117 Å². The fraction of sp³-hybridized carbons (Fsp3) is 0.182. The maximum absolute atomic E-state index is 10.9. The summed E-state index contributed by atoms with van der Waals surface area (Å²) in [7, 11) is 0. The Bertz CT molecular complexity index is 620. The van der Waals surface area contributed by atoms with Gasteiger partial charge in [-0.05, 0) is 12.1 Å². The van der Waals surface area contributed by atoms with Crippen LogP contribution < -0.4 is 11.5 Å². The van der Waals surface area contributed by atoms with Gasteiger partial charge in [0.25, 0.3) is 5.69 Å². The van der Waals surface area contributed by atoms with Crippen molar-refractivity contribution in [3.8, 4) is 0 Å². The summed E-state index contributed by atoms with van der Waals surface area (Å²) in [5.41, 5.74) is 11.5. The van der Waals surface area contributed by atoms with Gasteiger partial charge < -0.3 is 16.0 Å². The minimum atomic E-state index is -0.782. The van der Waals surface area contributed by atoms with Crippen LogP contribution >= 0.6 is 0 Å². The molecule has 0 bridgehead atoms. The average Bonchev–Trinajstić information content (AvgIpc) is 2.71. The van der Waals surface area contributed by atoms with Crippen molar-refractivity contribution >= 4 is 22.5 Å². The summed E-state index contributed by atoms with van der Waals surface area (Å²) >= 11 is 0. The minimum absolute atomic E-state index is 0.0273. The van der Waals surface area contributed by atoms with Crippen LogP contribution in [0.4, 0.5) is 5.69 Å². The molecular weight excluding hydrogens is 236 g/mol. The van der Waals surface area contributed by atoms with E-state index in [1.807, 2.05) is 0 Å². The maximum atomic E-state index is 10.9. The molecule has 0 radical (unpaired) electrons. The van der Waals surface area contributed by atoms with Gasteiger partial charge in [-0.2, -0.15) is 0 Å². The smallest absolute Gasteiger partial charge is 0.270 e. The lowest BCUT2D eigenvalue weighted by Crippen LogP contribution is -2.39. The molecule has 2 rings (SSSR count). The number of fused-ring (bicyclic) bond motifs is 1. The summed E-state index contributed by atoms with van der Waals surface area (Å²) in [6.45, 7) is 0.247. The molecule has 0 aliphatic carbocycles. The number of carbonyl (C=O) groups is 1. The van der Waals surface area contributed by atoms with E-state index in [0.717, 1.165) is 10.9 Å². The number of nitrogens with two attached hydrogens (primary N) is 2. The Hall–Kier alpha value is -2.41. The highest BCUT2D eigenvalue weighted by atomic mass is 16.6. The van der Waals surface area contributed by atoms with Crippen LogP contribution in [0.1, 0.15) is 0 Å². The van der Waals surface area contributed by atoms with E-state index < -0.39 is 16.9 Å². The Balaban J connectivity index is 2.37. The van der Waals surface area contributed by atoms with Gasteiger partial charge in [0.2, 0.25) is 5.91 Å². The second kappa shape index (κ2) is 4.46. The standard InChI is InChI=1S/C11H12N4O3/c12-9(11(13)16)6-14-4-3-7-5-8(15(17)18)1-2-10(7)14/h1-5,9H,6,12H2,(H2,13,16). The van der Waals surface area contributed by atoms with Crippen LogP contribution in [0.15, 0.2) is 30.5 Å². The van der Waals surface area contributed by atoms with E-state index in [1.54, 1.807) is 22.9 Å². The zero-order chi connectivity index (χ0) is 13.3. The Kier molecular flexibility index (Phi) is 2.99. The minimum Gasteiger partial charge on any atom is -0.368 e. The summed E-state index contributed by atoms with van der Waals surface area (Å²) < 4.78 is 1.74. The molecule has 1 amide bonds. The molecule has 0 saturated heterocycles. The van der Waals surface area contributed by atoms with Gasteiger partial charge in [-0.25, -0.2) is 0 Å². The van der Waals surface area contributed by atoms with Gasteiger partial charge in [-0.3, -0.25) is 14.9 Å². The first-order valence-corrected chi connectivity index (χ1v) is 5.27. The first-order valence-electron chi connectivity index (χ1n) is 5.27. The van der Waals surface area contributed by atoms with Crippen molar-refractivity contribution in [1.82, 2.24) is 4.57 Å². The summed E-state index contributed by atoms with van der Waals surface area (Å²) in [5, 5.41) is 11.4. The van der Waals surface area contributed by atoms with Gasteiger partial charge in [-0.1, -0.05) is 0 Å². The van der Waals surface area contributed by atoms with Crippen LogP contribution in [0.5, 0.6) is 0 Å². The molecule has 1 aromatic heterocycles. The summed E-state index contributed by atoms with van der Waals surface area (Å²) in [6.07, 6.45) is 1.72. The van der Waals surface area contributed by atoms with E-state index in [4.69, 9.17) is 11.5 Å². The Morgan fingerprint density at radius 2 is 2.17 bits per heavy atom. The quantitative estimate of drug-likeness (QED) is 0.600. The molecule has 4 N–H and O–H groups in total. The number of rotatable bonds is 4. The van der Waals surface area contributed by atoms with Crippen LogP contribution in [-0.4, -0.2) is 21.4 Å². The van der Waals surface area contributed by atoms with Gasteiger partial charge in [0.1, 0.15) is 6.04 Å². The number of nitrogens with zero attached hydrogens (tertiary/aromatic N) is 2. The molecule has 7 heteroatoms. The predicted octanol–water partition coefficient (Wildman–Crippen LogP) is 0.362.